The molecule has 0 spiro atoms. The first-order valence-electron chi connectivity index (χ1n) is 7.38. The molecule has 23 heavy (non-hydrogen) atoms. The maximum Gasteiger partial charge on any atom is 0.253 e. The van der Waals surface area contributed by atoms with E-state index in [1.165, 1.54) is 5.69 Å². The topological polar surface area (TPSA) is 89.5 Å². The van der Waals surface area contributed by atoms with Gasteiger partial charge in [0.05, 0.1) is 11.4 Å². The van der Waals surface area contributed by atoms with Crippen LogP contribution in [0.5, 0.6) is 0 Å². The molecule has 120 valence electrons. The van der Waals surface area contributed by atoms with Gasteiger partial charge in [-0.1, -0.05) is 6.07 Å². The zero-order valence-corrected chi connectivity index (χ0v) is 13.8. The van der Waals surface area contributed by atoms with Gasteiger partial charge < -0.3 is 15.5 Å². The molecule has 0 aliphatic rings. The van der Waals surface area contributed by atoms with E-state index in [1.54, 1.807) is 11.8 Å². The Hall–Kier alpha value is -2.28. The third-order valence-corrected chi connectivity index (χ3v) is 5.02. The van der Waals surface area contributed by atoms with Crippen molar-refractivity contribution in [2.45, 2.75) is 19.1 Å². The zero-order chi connectivity index (χ0) is 16.6. The van der Waals surface area contributed by atoms with E-state index in [4.69, 9.17) is 5.73 Å². The van der Waals surface area contributed by atoms with Gasteiger partial charge in [0, 0.05) is 23.7 Å². The second kappa shape index (κ2) is 6.08. The summed E-state index contributed by atoms with van der Waals surface area (Å²) in [6.45, 7) is 4.74. The van der Waals surface area contributed by atoms with Crippen molar-refractivity contribution in [1.82, 2.24) is 9.38 Å². The lowest BCUT2D eigenvalue weighted by Crippen LogP contribution is -2.37. The number of anilines is 2. The molecule has 0 fully saturated rings. The van der Waals surface area contributed by atoms with Crippen LogP contribution in [-0.4, -0.2) is 21.7 Å². The molecule has 0 aliphatic carbocycles. The highest BCUT2D eigenvalue weighted by atomic mass is 32.2. The van der Waals surface area contributed by atoms with E-state index < -0.39 is 10.9 Å². The van der Waals surface area contributed by atoms with E-state index in [0.717, 1.165) is 17.1 Å². The van der Waals surface area contributed by atoms with Crippen LogP contribution in [0.1, 0.15) is 23.6 Å². The van der Waals surface area contributed by atoms with Gasteiger partial charge in [0.1, 0.15) is 17.0 Å². The maximum atomic E-state index is 11.3. The van der Waals surface area contributed by atoms with Crippen LogP contribution in [0.25, 0.3) is 5.65 Å². The Morgan fingerprint density at radius 2 is 2.13 bits per heavy atom. The van der Waals surface area contributed by atoms with Gasteiger partial charge in [-0.05, 0) is 26.0 Å². The summed E-state index contributed by atoms with van der Waals surface area (Å²) in [5.74, 6) is 0.791. The smallest absolute Gasteiger partial charge is 0.253 e. The van der Waals surface area contributed by atoms with Crippen molar-refractivity contribution in [3.8, 4) is 0 Å². The number of aromatic nitrogens is 2. The largest absolute Gasteiger partial charge is 0.394 e. The van der Waals surface area contributed by atoms with Gasteiger partial charge in [0.2, 0.25) is 0 Å². The van der Waals surface area contributed by atoms with Crippen LogP contribution in [-0.2, 0) is 0 Å². The Balaban J connectivity index is 1.61. The fraction of sp³-hybridized carbons (Fsp3) is 0.312. The molecule has 1 unspecified atom stereocenters. The minimum atomic E-state index is -0.588. The number of fused-ring (bicyclic) bond motifs is 1. The molecule has 0 radical (unpaired) electrons. The fourth-order valence-electron chi connectivity index (χ4n) is 2.70. The molecule has 3 aromatic rings. The molecule has 0 amide bonds. The second-order valence-corrected chi connectivity index (χ2v) is 6.85. The van der Waals surface area contributed by atoms with Gasteiger partial charge in [0.15, 0.2) is 0 Å². The molecular formula is C16H18N4O2S. The molecule has 1 aromatic carbocycles. The summed E-state index contributed by atoms with van der Waals surface area (Å²) in [4.78, 5) is 26.9. The number of nitrogens with one attached hydrogen (secondary N) is 1. The minimum Gasteiger partial charge on any atom is -0.394 e. The highest BCUT2D eigenvalue weighted by Gasteiger charge is 2.18. The number of nitrogen functional groups attached to an aromatic ring is 1. The number of hydrogen-bond donors (Lipinski definition) is 2. The monoisotopic (exact) mass is 330 g/mol. The SMILES string of the molecule is Cc1nc2ccccn2c1C(C)SCCNc1c(N)c(=O)c1=O. The molecule has 3 N–H and O–H groups in total. The third-order valence-electron chi connectivity index (χ3n) is 3.85. The molecule has 6 nitrogen and oxygen atoms in total. The summed E-state index contributed by atoms with van der Waals surface area (Å²) in [5.41, 5.74) is 7.84. The van der Waals surface area contributed by atoms with E-state index in [-0.39, 0.29) is 16.6 Å². The second-order valence-electron chi connectivity index (χ2n) is 5.40. The molecule has 1 atom stereocenters. The van der Waals surface area contributed by atoms with Crippen molar-refractivity contribution in [2.75, 3.05) is 23.3 Å². The number of pyridine rings is 1. The molecule has 0 saturated carbocycles. The summed E-state index contributed by atoms with van der Waals surface area (Å²) >= 11 is 1.76. The number of nitrogens with zero attached hydrogens (tertiary/aromatic N) is 2. The lowest BCUT2D eigenvalue weighted by atomic mass is 10.2. The molecule has 7 heteroatoms. The van der Waals surface area contributed by atoms with Gasteiger partial charge in [-0.3, -0.25) is 9.59 Å². The van der Waals surface area contributed by atoms with E-state index in [9.17, 15) is 9.59 Å². The summed E-state index contributed by atoms with van der Waals surface area (Å²) in [6.07, 6.45) is 2.02. The number of imidazole rings is 1. The lowest BCUT2D eigenvalue weighted by molar-refractivity contribution is 0.954. The number of nitrogens with two attached hydrogens (primary N) is 1. The highest BCUT2D eigenvalue weighted by Crippen LogP contribution is 2.30. The van der Waals surface area contributed by atoms with Crippen molar-refractivity contribution >= 4 is 28.8 Å². The van der Waals surface area contributed by atoms with Crippen molar-refractivity contribution in [3.05, 3.63) is 56.2 Å². The normalized spacial score (nSPS) is 12.8. The highest BCUT2D eigenvalue weighted by molar-refractivity contribution is 7.99. The van der Waals surface area contributed by atoms with Gasteiger partial charge in [-0.15, -0.1) is 0 Å². The number of hydrogen-bond acceptors (Lipinski definition) is 6. The van der Waals surface area contributed by atoms with Crippen LogP contribution >= 0.6 is 11.8 Å². The Bertz CT molecular complexity index is 924. The van der Waals surface area contributed by atoms with E-state index in [0.29, 0.717) is 6.54 Å². The van der Waals surface area contributed by atoms with Crippen LogP contribution in [0.15, 0.2) is 34.0 Å². The van der Waals surface area contributed by atoms with Crippen LogP contribution in [0, 0.1) is 6.92 Å². The Morgan fingerprint density at radius 3 is 2.87 bits per heavy atom. The summed E-state index contributed by atoms with van der Waals surface area (Å²) in [5, 5.41) is 3.21. The summed E-state index contributed by atoms with van der Waals surface area (Å²) < 4.78 is 2.11. The van der Waals surface area contributed by atoms with Crippen molar-refractivity contribution < 1.29 is 0 Å². The molecule has 0 bridgehead atoms. The predicted octanol–water partition coefficient (Wildman–Crippen LogP) is 1.73. The van der Waals surface area contributed by atoms with Gasteiger partial charge in [0.25, 0.3) is 10.9 Å². The first kappa shape index (κ1) is 15.6. The summed E-state index contributed by atoms with van der Waals surface area (Å²) in [7, 11) is 0. The number of aryl methyl sites for hydroxylation is 1. The average molecular weight is 330 g/mol. The van der Waals surface area contributed by atoms with Crippen molar-refractivity contribution in [2.24, 2.45) is 0 Å². The van der Waals surface area contributed by atoms with Crippen LogP contribution in [0.3, 0.4) is 0 Å². The summed E-state index contributed by atoms with van der Waals surface area (Å²) in [6, 6.07) is 5.96. The third kappa shape index (κ3) is 2.72. The number of rotatable bonds is 6. The predicted molar refractivity (Wildman–Crippen MR) is 95.1 cm³/mol. The standard InChI is InChI=1S/C16H18N4O2S/c1-9-14(20-7-4-3-5-11(20)19-9)10(2)23-8-6-18-13-12(17)15(21)16(13)22/h3-5,7,10,18H,6,8,17H2,1-2H3. The van der Waals surface area contributed by atoms with Crippen LogP contribution in [0.4, 0.5) is 11.4 Å². The molecular weight excluding hydrogens is 312 g/mol. The van der Waals surface area contributed by atoms with Gasteiger partial charge in [-0.25, -0.2) is 4.98 Å². The van der Waals surface area contributed by atoms with Crippen LogP contribution in [0.2, 0.25) is 0 Å². The quantitative estimate of drug-likeness (QED) is 0.528. The van der Waals surface area contributed by atoms with E-state index in [1.807, 2.05) is 31.3 Å². The first-order valence-corrected chi connectivity index (χ1v) is 8.43. The van der Waals surface area contributed by atoms with Crippen molar-refractivity contribution in [3.63, 3.8) is 0 Å². The Labute approximate surface area is 137 Å². The van der Waals surface area contributed by atoms with Gasteiger partial charge in [-0.2, -0.15) is 11.8 Å². The molecule has 3 rings (SSSR count). The Kier molecular flexibility index (Phi) is 4.12. The number of thioether (sulfide) groups is 1. The molecule has 0 saturated heterocycles. The minimum absolute atomic E-state index is 0.0469. The first-order chi connectivity index (χ1) is 11.0. The molecule has 2 heterocycles. The lowest BCUT2D eigenvalue weighted by Gasteiger charge is -2.14. The molecule has 2 aromatic heterocycles. The average Bonchev–Trinajstić information content (AvgIpc) is 2.89. The van der Waals surface area contributed by atoms with E-state index >= 15 is 0 Å². The fourth-order valence-corrected chi connectivity index (χ4v) is 3.71. The Morgan fingerprint density at radius 1 is 1.35 bits per heavy atom. The van der Waals surface area contributed by atoms with E-state index in [2.05, 4.69) is 21.6 Å². The molecule has 0 aliphatic heterocycles. The van der Waals surface area contributed by atoms with Crippen LogP contribution < -0.4 is 21.9 Å². The maximum absolute atomic E-state index is 11.3. The van der Waals surface area contributed by atoms with Crippen molar-refractivity contribution in [1.29, 1.82) is 0 Å². The zero-order valence-electron chi connectivity index (χ0n) is 13.0. The van der Waals surface area contributed by atoms with Gasteiger partial charge >= 0.3 is 0 Å².